The third kappa shape index (κ3) is 6.24. The maximum absolute atomic E-state index is 13.0. The maximum Gasteiger partial charge on any atom is 0.222 e. The summed E-state index contributed by atoms with van der Waals surface area (Å²) >= 11 is 7.67. The molecular formula is C27H30ClN3OS. The first-order chi connectivity index (χ1) is 16.1. The number of carbonyl (C=O) groups excluding carboxylic acids is 1. The van der Waals surface area contributed by atoms with E-state index in [0.717, 1.165) is 40.5 Å². The zero-order valence-electron chi connectivity index (χ0n) is 19.0. The van der Waals surface area contributed by atoms with Crippen LogP contribution in [0.2, 0.25) is 5.02 Å². The second-order valence-corrected chi connectivity index (χ2v) is 9.65. The molecule has 4 nitrogen and oxygen atoms in total. The number of amides is 1. The molecule has 6 heteroatoms. The largest absolute Gasteiger partial charge is 0.338 e. The second kappa shape index (κ2) is 11.5. The summed E-state index contributed by atoms with van der Waals surface area (Å²) in [5, 5.41) is 2.87. The number of hydrogen-bond acceptors (Lipinski definition) is 3. The van der Waals surface area contributed by atoms with Crippen molar-refractivity contribution >= 4 is 33.8 Å². The van der Waals surface area contributed by atoms with E-state index >= 15 is 0 Å². The summed E-state index contributed by atoms with van der Waals surface area (Å²) in [5.41, 5.74) is 4.34. The summed E-state index contributed by atoms with van der Waals surface area (Å²) in [6.07, 6.45) is 7.95. The van der Waals surface area contributed by atoms with Gasteiger partial charge in [0.15, 0.2) is 4.96 Å². The van der Waals surface area contributed by atoms with Gasteiger partial charge in [0.2, 0.25) is 5.91 Å². The van der Waals surface area contributed by atoms with E-state index < -0.39 is 0 Å². The van der Waals surface area contributed by atoms with Crippen LogP contribution < -0.4 is 0 Å². The minimum atomic E-state index is 0.244. The van der Waals surface area contributed by atoms with Gasteiger partial charge in [0.1, 0.15) is 0 Å². The highest BCUT2D eigenvalue weighted by Crippen LogP contribution is 2.25. The highest BCUT2D eigenvalue weighted by atomic mass is 35.5. The van der Waals surface area contributed by atoms with Gasteiger partial charge in [-0.15, -0.1) is 11.3 Å². The molecule has 0 spiro atoms. The Morgan fingerprint density at radius 3 is 2.61 bits per heavy atom. The van der Waals surface area contributed by atoms with Crippen molar-refractivity contribution in [3.63, 3.8) is 0 Å². The van der Waals surface area contributed by atoms with Crippen molar-refractivity contribution in [3.05, 3.63) is 82.5 Å². The molecule has 0 saturated carbocycles. The Bertz CT molecular complexity index is 1170. The van der Waals surface area contributed by atoms with E-state index in [1.165, 1.54) is 24.1 Å². The molecular weight excluding hydrogens is 450 g/mol. The molecule has 0 aliphatic carbocycles. The van der Waals surface area contributed by atoms with Crippen molar-refractivity contribution in [3.8, 4) is 11.3 Å². The van der Waals surface area contributed by atoms with Crippen LogP contribution in [0, 0.1) is 0 Å². The van der Waals surface area contributed by atoms with Crippen LogP contribution in [0.15, 0.2) is 66.2 Å². The summed E-state index contributed by atoms with van der Waals surface area (Å²) in [6, 6.07) is 18.0. The lowest BCUT2D eigenvalue weighted by atomic mass is 10.1. The number of thiazole rings is 1. The third-order valence-corrected chi connectivity index (χ3v) is 7.02. The Kier molecular flexibility index (Phi) is 8.19. The molecule has 0 atom stereocenters. The average molecular weight is 480 g/mol. The molecule has 0 fully saturated rings. The number of nitrogens with zero attached hydrogens (tertiary/aromatic N) is 3. The summed E-state index contributed by atoms with van der Waals surface area (Å²) in [5.74, 6) is 0.244. The Labute approximate surface area is 204 Å². The van der Waals surface area contributed by atoms with Crippen LogP contribution >= 0.6 is 22.9 Å². The van der Waals surface area contributed by atoms with Crippen LogP contribution in [0.5, 0.6) is 0 Å². The Hall–Kier alpha value is -2.63. The fourth-order valence-electron chi connectivity index (χ4n) is 3.98. The van der Waals surface area contributed by atoms with E-state index in [-0.39, 0.29) is 5.91 Å². The predicted molar refractivity (Wildman–Crippen MR) is 138 cm³/mol. The van der Waals surface area contributed by atoms with E-state index in [1.807, 2.05) is 47.4 Å². The van der Waals surface area contributed by atoms with Gasteiger partial charge in [-0.2, -0.15) is 0 Å². The molecule has 1 amide bonds. The van der Waals surface area contributed by atoms with E-state index in [0.29, 0.717) is 19.5 Å². The lowest BCUT2D eigenvalue weighted by molar-refractivity contribution is -0.131. The van der Waals surface area contributed by atoms with Gasteiger partial charge in [0.05, 0.1) is 5.69 Å². The van der Waals surface area contributed by atoms with Crippen molar-refractivity contribution in [1.29, 1.82) is 0 Å². The van der Waals surface area contributed by atoms with Crippen molar-refractivity contribution in [1.82, 2.24) is 14.3 Å². The molecule has 0 N–H and O–H groups in total. The number of rotatable bonds is 11. The zero-order valence-corrected chi connectivity index (χ0v) is 20.6. The number of imidazole rings is 1. The molecule has 0 aliphatic rings. The first-order valence-corrected chi connectivity index (χ1v) is 12.9. The van der Waals surface area contributed by atoms with Crippen molar-refractivity contribution in [2.45, 2.75) is 52.0 Å². The summed E-state index contributed by atoms with van der Waals surface area (Å²) in [4.78, 5) is 20.8. The van der Waals surface area contributed by atoms with Crippen LogP contribution in [0.1, 0.15) is 50.3 Å². The third-order valence-electron chi connectivity index (χ3n) is 5.87. The Morgan fingerprint density at radius 2 is 1.85 bits per heavy atom. The second-order valence-electron chi connectivity index (χ2n) is 8.37. The maximum atomic E-state index is 13.0. The molecule has 0 bridgehead atoms. The lowest BCUT2D eigenvalue weighted by Gasteiger charge is -2.23. The number of aromatic nitrogens is 2. The van der Waals surface area contributed by atoms with Gasteiger partial charge in [0, 0.05) is 53.8 Å². The van der Waals surface area contributed by atoms with Gasteiger partial charge in [-0.3, -0.25) is 9.20 Å². The van der Waals surface area contributed by atoms with Gasteiger partial charge >= 0.3 is 0 Å². The van der Waals surface area contributed by atoms with Crippen LogP contribution in [0.3, 0.4) is 0 Å². The number of unbranched alkanes of at least 4 members (excludes halogenated alkanes) is 3. The van der Waals surface area contributed by atoms with Crippen LogP contribution in [-0.4, -0.2) is 26.7 Å². The van der Waals surface area contributed by atoms with Gasteiger partial charge in [-0.1, -0.05) is 80.3 Å². The quantitative estimate of drug-likeness (QED) is 0.212. The molecule has 0 radical (unpaired) electrons. The molecule has 33 heavy (non-hydrogen) atoms. The first kappa shape index (κ1) is 23.5. The monoisotopic (exact) mass is 479 g/mol. The van der Waals surface area contributed by atoms with E-state index in [1.54, 1.807) is 11.3 Å². The molecule has 4 aromatic rings. The minimum Gasteiger partial charge on any atom is -0.338 e. The summed E-state index contributed by atoms with van der Waals surface area (Å²) in [6.45, 7) is 3.54. The molecule has 2 aromatic heterocycles. The summed E-state index contributed by atoms with van der Waals surface area (Å²) in [7, 11) is 0. The highest BCUT2D eigenvalue weighted by Gasteiger charge is 2.16. The van der Waals surface area contributed by atoms with Gasteiger partial charge in [0.25, 0.3) is 0 Å². The van der Waals surface area contributed by atoms with Crippen molar-refractivity contribution in [2.75, 3.05) is 6.54 Å². The molecule has 172 valence electrons. The lowest BCUT2D eigenvalue weighted by Crippen LogP contribution is -2.32. The van der Waals surface area contributed by atoms with E-state index in [2.05, 4.69) is 35.0 Å². The number of halogens is 1. The number of benzene rings is 2. The molecule has 2 aromatic carbocycles. The molecule has 4 rings (SSSR count). The highest BCUT2D eigenvalue weighted by molar-refractivity contribution is 7.15. The van der Waals surface area contributed by atoms with Crippen LogP contribution in [-0.2, 0) is 17.8 Å². The molecule has 0 aliphatic heterocycles. The number of carbonyl (C=O) groups is 1. The topological polar surface area (TPSA) is 37.6 Å². The fourth-order valence-corrected chi connectivity index (χ4v) is 5.01. The van der Waals surface area contributed by atoms with Crippen LogP contribution in [0.25, 0.3) is 16.2 Å². The molecule has 0 unspecified atom stereocenters. The average Bonchev–Trinajstić information content (AvgIpc) is 3.42. The molecule has 2 heterocycles. The first-order valence-electron chi connectivity index (χ1n) is 11.7. The van der Waals surface area contributed by atoms with Gasteiger partial charge in [-0.25, -0.2) is 4.98 Å². The zero-order chi connectivity index (χ0) is 23.0. The standard InChI is InChI=1S/C27H30ClN3OS/c1-2-3-4-8-11-26(32)30(18-21-9-6-5-7-10-21)17-16-24-20-33-27-29-25(19-31(24)27)22-12-14-23(28)15-13-22/h5-7,9-10,12-15,19-20H,2-4,8,11,16-18H2,1H3. The molecule has 0 saturated heterocycles. The Balaban J connectivity index is 1.46. The van der Waals surface area contributed by atoms with Crippen molar-refractivity contribution in [2.24, 2.45) is 0 Å². The number of fused-ring (bicyclic) bond motifs is 1. The normalized spacial score (nSPS) is 11.2. The minimum absolute atomic E-state index is 0.244. The smallest absolute Gasteiger partial charge is 0.222 e. The Morgan fingerprint density at radius 1 is 1.06 bits per heavy atom. The van der Waals surface area contributed by atoms with Gasteiger partial charge < -0.3 is 4.90 Å². The number of hydrogen-bond donors (Lipinski definition) is 0. The van der Waals surface area contributed by atoms with E-state index in [4.69, 9.17) is 16.6 Å². The SMILES string of the molecule is CCCCCCC(=O)N(CCc1csc2nc(-c3ccc(Cl)cc3)cn12)Cc1ccccc1. The summed E-state index contributed by atoms with van der Waals surface area (Å²) < 4.78 is 2.15. The van der Waals surface area contributed by atoms with E-state index in [9.17, 15) is 4.79 Å². The predicted octanol–water partition coefficient (Wildman–Crippen LogP) is 7.26. The fraction of sp³-hybridized carbons (Fsp3) is 0.333. The van der Waals surface area contributed by atoms with Gasteiger partial charge in [-0.05, 0) is 24.1 Å². The van der Waals surface area contributed by atoms with Crippen molar-refractivity contribution < 1.29 is 4.79 Å². The van der Waals surface area contributed by atoms with Crippen LogP contribution in [0.4, 0.5) is 0 Å².